The molecule has 0 heterocycles. The fourth-order valence-corrected chi connectivity index (χ4v) is 7.61. The minimum atomic E-state index is -0.784. The fraction of sp³-hybridized carbons (Fsp3) is 0.918. The highest BCUT2D eigenvalue weighted by molar-refractivity contribution is 5.77. The first-order valence-corrected chi connectivity index (χ1v) is 24.4. The Morgan fingerprint density at radius 1 is 0.509 bits per heavy atom. The van der Waals surface area contributed by atoms with Crippen LogP contribution in [0.4, 0.5) is 0 Å². The van der Waals surface area contributed by atoms with Crippen molar-refractivity contribution in [2.75, 3.05) is 6.61 Å². The summed E-state index contributed by atoms with van der Waals surface area (Å²) in [5, 5.41) is 23.7. The Bertz CT molecular complexity index is 832. The van der Waals surface area contributed by atoms with Crippen LogP contribution in [0.15, 0.2) is 12.2 Å². The van der Waals surface area contributed by atoms with Crippen LogP contribution in [0.2, 0.25) is 0 Å². The van der Waals surface area contributed by atoms with E-state index in [2.05, 4.69) is 38.2 Å². The van der Waals surface area contributed by atoms with Crippen LogP contribution in [-0.2, 0) is 14.3 Å². The Morgan fingerprint density at radius 2 is 0.909 bits per heavy atom. The number of allylic oxidation sites excluding steroid dienone is 2. The molecule has 6 nitrogen and oxygen atoms in total. The van der Waals surface area contributed by atoms with E-state index in [1.165, 1.54) is 154 Å². The average Bonchev–Trinajstić information content (AvgIpc) is 3.18. The van der Waals surface area contributed by atoms with E-state index in [1.807, 2.05) is 0 Å². The van der Waals surface area contributed by atoms with Gasteiger partial charge in [0.2, 0.25) is 5.91 Å². The van der Waals surface area contributed by atoms with Crippen molar-refractivity contribution in [2.24, 2.45) is 0 Å². The number of carbonyl (C=O) groups is 2. The molecule has 3 N–H and O–H groups in total. The maximum atomic E-state index is 13.1. The maximum absolute atomic E-state index is 13.1. The standard InChI is InChI=1S/C49H95NO5/c1-4-7-10-13-16-19-21-23-24-26-27-29-32-35-38-41-47(52)46(44-51)50-48(53)43-45(40-37-34-31-18-15-12-9-6-3)55-49(54)42-39-36-33-30-28-25-22-20-17-14-11-8-5-2/h12,15,45-47,51-52H,4-11,13-14,16-44H2,1-3H3,(H,50,53)/b15-12-. The minimum absolute atomic E-state index is 0.0723. The van der Waals surface area contributed by atoms with Gasteiger partial charge in [-0.3, -0.25) is 9.59 Å². The first kappa shape index (κ1) is 53.6. The van der Waals surface area contributed by atoms with E-state index in [-0.39, 0.29) is 24.9 Å². The molecule has 0 aliphatic rings. The Balaban J connectivity index is 4.40. The van der Waals surface area contributed by atoms with Gasteiger partial charge in [0, 0.05) is 6.42 Å². The zero-order chi connectivity index (χ0) is 40.3. The Morgan fingerprint density at radius 3 is 1.36 bits per heavy atom. The number of hydrogen-bond donors (Lipinski definition) is 3. The summed E-state index contributed by atoms with van der Waals surface area (Å²) in [6.07, 6.45) is 47.1. The molecular weight excluding hydrogens is 683 g/mol. The highest BCUT2D eigenvalue weighted by Crippen LogP contribution is 2.18. The third-order valence-corrected chi connectivity index (χ3v) is 11.3. The van der Waals surface area contributed by atoms with Crippen molar-refractivity contribution in [1.29, 1.82) is 0 Å². The molecule has 0 aromatic carbocycles. The maximum Gasteiger partial charge on any atom is 0.306 e. The van der Waals surface area contributed by atoms with E-state index in [4.69, 9.17) is 4.74 Å². The number of rotatable bonds is 44. The number of aliphatic hydroxyl groups is 2. The van der Waals surface area contributed by atoms with Crippen LogP contribution in [0.25, 0.3) is 0 Å². The number of nitrogens with one attached hydrogen (secondary N) is 1. The lowest BCUT2D eigenvalue weighted by molar-refractivity contribution is -0.151. The number of ether oxygens (including phenoxy) is 1. The largest absolute Gasteiger partial charge is 0.462 e. The topological polar surface area (TPSA) is 95.9 Å². The van der Waals surface area contributed by atoms with Gasteiger partial charge in [-0.1, -0.05) is 219 Å². The van der Waals surface area contributed by atoms with Gasteiger partial charge in [0.05, 0.1) is 25.2 Å². The molecular formula is C49H95NO5. The smallest absolute Gasteiger partial charge is 0.306 e. The van der Waals surface area contributed by atoms with Gasteiger partial charge in [0.15, 0.2) is 0 Å². The first-order valence-electron chi connectivity index (χ1n) is 24.4. The second-order valence-corrected chi connectivity index (χ2v) is 16.9. The molecule has 0 radical (unpaired) electrons. The van der Waals surface area contributed by atoms with Crippen molar-refractivity contribution in [3.8, 4) is 0 Å². The molecule has 0 aromatic rings. The zero-order valence-corrected chi connectivity index (χ0v) is 37.1. The van der Waals surface area contributed by atoms with Gasteiger partial charge in [0.25, 0.3) is 0 Å². The van der Waals surface area contributed by atoms with Crippen LogP contribution < -0.4 is 5.32 Å². The molecule has 0 saturated heterocycles. The molecule has 3 atom stereocenters. The highest BCUT2D eigenvalue weighted by atomic mass is 16.5. The molecule has 0 aromatic heterocycles. The highest BCUT2D eigenvalue weighted by Gasteiger charge is 2.24. The number of hydrogen-bond acceptors (Lipinski definition) is 5. The van der Waals surface area contributed by atoms with Crippen LogP contribution in [-0.4, -0.2) is 46.9 Å². The first-order chi connectivity index (χ1) is 27.0. The van der Waals surface area contributed by atoms with Crippen LogP contribution in [0.5, 0.6) is 0 Å². The van der Waals surface area contributed by atoms with Crippen molar-refractivity contribution in [3.05, 3.63) is 12.2 Å². The van der Waals surface area contributed by atoms with E-state index in [0.717, 1.165) is 64.2 Å². The predicted octanol–water partition coefficient (Wildman–Crippen LogP) is 14.2. The molecule has 0 spiro atoms. The van der Waals surface area contributed by atoms with Crippen LogP contribution >= 0.6 is 0 Å². The summed E-state index contributed by atoms with van der Waals surface area (Å²) in [5.74, 6) is -0.480. The lowest BCUT2D eigenvalue weighted by atomic mass is 10.0. The predicted molar refractivity (Wildman–Crippen MR) is 237 cm³/mol. The van der Waals surface area contributed by atoms with Crippen molar-refractivity contribution in [1.82, 2.24) is 5.32 Å². The third kappa shape index (κ3) is 39.2. The lowest BCUT2D eigenvalue weighted by Gasteiger charge is -2.24. The second kappa shape index (κ2) is 43.7. The Labute approximate surface area is 342 Å². The number of unbranched alkanes of at least 4 members (excludes halogenated alkanes) is 30. The van der Waals surface area contributed by atoms with Gasteiger partial charge >= 0.3 is 5.97 Å². The lowest BCUT2D eigenvalue weighted by Crippen LogP contribution is -2.46. The number of amides is 1. The Hall–Kier alpha value is -1.40. The van der Waals surface area contributed by atoms with Crippen LogP contribution in [0, 0.1) is 0 Å². The molecule has 1 amide bonds. The molecule has 0 aliphatic carbocycles. The van der Waals surface area contributed by atoms with E-state index in [1.54, 1.807) is 0 Å². The molecule has 0 rings (SSSR count). The summed E-state index contributed by atoms with van der Waals surface area (Å²) in [6, 6.07) is -0.698. The SMILES string of the molecule is CCC/C=C\CCCCCC(CC(=O)NC(CO)C(O)CCCCCCCCCCCCCCCCC)OC(=O)CCCCCCCCCCCCCCC. The molecule has 55 heavy (non-hydrogen) atoms. The van der Waals surface area contributed by atoms with Gasteiger partial charge < -0.3 is 20.3 Å². The van der Waals surface area contributed by atoms with Gasteiger partial charge in [0.1, 0.15) is 6.10 Å². The van der Waals surface area contributed by atoms with Crippen molar-refractivity contribution in [2.45, 2.75) is 283 Å². The van der Waals surface area contributed by atoms with Crippen LogP contribution in [0.1, 0.15) is 265 Å². The summed E-state index contributed by atoms with van der Waals surface area (Å²) in [5.41, 5.74) is 0. The summed E-state index contributed by atoms with van der Waals surface area (Å²) >= 11 is 0. The number of carbonyl (C=O) groups excluding carboxylic acids is 2. The average molecular weight is 778 g/mol. The van der Waals surface area contributed by atoms with E-state index >= 15 is 0 Å². The van der Waals surface area contributed by atoms with Gasteiger partial charge in [-0.15, -0.1) is 0 Å². The van der Waals surface area contributed by atoms with E-state index < -0.39 is 18.2 Å². The summed E-state index contributed by atoms with van der Waals surface area (Å²) in [6.45, 7) is 6.42. The quantitative estimate of drug-likeness (QED) is 0.0325. The second-order valence-electron chi connectivity index (χ2n) is 16.9. The van der Waals surface area contributed by atoms with Gasteiger partial charge in [-0.05, 0) is 44.9 Å². The minimum Gasteiger partial charge on any atom is -0.462 e. The fourth-order valence-electron chi connectivity index (χ4n) is 7.61. The van der Waals surface area contributed by atoms with Gasteiger partial charge in [-0.25, -0.2) is 0 Å². The molecule has 0 aliphatic heterocycles. The molecule has 3 unspecified atom stereocenters. The summed E-state index contributed by atoms with van der Waals surface area (Å²) < 4.78 is 5.89. The summed E-state index contributed by atoms with van der Waals surface area (Å²) in [4.78, 5) is 25.9. The van der Waals surface area contributed by atoms with E-state index in [0.29, 0.717) is 19.3 Å². The molecule has 0 saturated carbocycles. The molecule has 0 bridgehead atoms. The van der Waals surface area contributed by atoms with Crippen LogP contribution in [0.3, 0.4) is 0 Å². The third-order valence-electron chi connectivity index (χ3n) is 11.3. The number of esters is 1. The molecule has 326 valence electrons. The molecule has 0 fully saturated rings. The van der Waals surface area contributed by atoms with E-state index in [9.17, 15) is 19.8 Å². The monoisotopic (exact) mass is 778 g/mol. The Kier molecular flexibility index (Phi) is 42.6. The normalized spacial score (nSPS) is 13.3. The zero-order valence-electron chi connectivity index (χ0n) is 37.1. The van der Waals surface area contributed by atoms with Crippen molar-refractivity contribution < 1.29 is 24.5 Å². The van der Waals surface area contributed by atoms with Gasteiger partial charge in [-0.2, -0.15) is 0 Å². The van der Waals surface area contributed by atoms with Crippen molar-refractivity contribution in [3.63, 3.8) is 0 Å². The summed E-state index contributed by atoms with van der Waals surface area (Å²) in [7, 11) is 0. The molecule has 6 heteroatoms. The number of aliphatic hydroxyl groups excluding tert-OH is 2. The van der Waals surface area contributed by atoms with Crippen molar-refractivity contribution >= 4 is 11.9 Å².